The van der Waals surface area contributed by atoms with Crippen LogP contribution >= 0.6 is 0 Å². The molecule has 4 heterocycles. The molecule has 0 bridgehead atoms. The number of aromatic nitrogens is 3. The number of anilines is 1. The van der Waals surface area contributed by atoms with Crippen LogP contribution in [0.2, 0.25) is 0 Å². The minimum absolute atomic E-state index is 0.136. The molecule has 122 valence electrons. The Hall–Kier alpha value is -1.79. The van der Waals surface area contributed by atoms with E-state index >= 15 is 0 Å². The summed E-state index contributed by atoms with van der Waals surface area (Å²) in [5.74, 6) is 0.966. The Bertz CT molecular complexity index is 741. The van der Waals surface area contributed by atoms with Gasteiger partial charge in [0.1, 0.15) is 12.1 Å². The van der Waals surface area contributed by atoms with Gasteiger partial charge in [-0.3, -0.25) is 0 Å². The number of piperidine rings is 1. The maximum absolute atomic E-state index is 9.77. The molecule has 2 aromatic rings. The van der Waals surface area contributed by atoms with Gasteiger partial charge in [0.15, 0.2) is 5.65 Å². The first-order valence-corrected chi connectivity index (χ1v) is 8.22. The van der Waals surface area contributed by atoms with E-state index in [9.17, 15) is 5.11 Å². The molecule has 1 unspecified atom stereocenters. The average molecular weight is 314 g/mol. The van der Waals surface area contributed by atoms with Crippen molar-refractivity contribution in [2.45, 2.75) is 44.8 Å². The maximum atomic E-state index is 9.77. The molecule has 0 amide bonds. The van der Waals surface area contributed by atoms with Gasteiger partial charge in [-0.2, -0.15) is 0 Å². The number of pyridine rings is 1. The summed E-state index contributed by atoms with van der Waals surface area (Å²) in [6, 6.07) is 2.08. The minimum Gasteiger partial charge on any atom is -0.391 e. The van der Waals surface area contributed by atoms with Crippen molar-refractivity contribution in [2.24, 2.45) is 0 Å². The molecule has 0 aromatic carbocycles. The number of nitrogens with zero attached hydrogens (tertiary/aromatic N) is 4. The molecule has 23 heavy (non-hydrogen) atoms. The second-order valence-corrected chi connectivity index (χ2v) is 6.82. The fourth-order valence-corrected chi connectivity index (χ4v) is 3.92. The first-order chi connectivity index (χ1) is 11.1. The number of rotatable bonds is 1. The highest BCUT2D eigenvalue weighted by atomic mass is 16.5. The summed E-state index contributed by atoms with van der Waals surface area (Å²) in [5.41, 5.74) is 2.77. The summed E-state index contributed by atoms with van der Waals surface area (Å²) >= 11 is 0. The largest absolute Gasteiger partial charge is 0.391 e. The predicted molar refractivity (Wildman–Crippen MR) is 87.6 cm³/mol. The summed E-state index contributed by atoms with van der Waals surface area (Å²) in [4.78, 5) is 15.7. The van der Waals surface area contributed by atoms with E-state index < -0.39 is 0 Å². The third-order valence-corrected chi connectivity index (χ3v) is 5.07. The zero-order valence-electron chi connectivity index (χ0n) is 13.6. The average Bonchev–Trinajstić information content (AvgIpc) is 2.88. The van der Waals surface area contributed by atoms with Gasteiger partial charge < -0.3 is 14.7 Å². The first kappa shape index (κ1) is 14.8. The number of hydrogen-bond donors (Lipinski definition) is 1. The zero-order chi connectivity index (χ0) is 16.0. The van der Waals surface area contributed by atoms with Gasteiger partial charge in [-0.15, -0.1) is 0 Å². The molecule has 4 rings (SSSR count). The molecular weight excluding hydrogens is 292 g/mol. The molecule has 2 aliphatic heterocycles. The number of ether oxygens (including phenoxy) is 1. The van der Waals surface area contributed by atoms with Crippen molar-refractivity contribution in [1.29, 1.82) is 0 Å². The lowest BCUT2D eigenvalue weighted by atomic mass is 9.88. The van der Waals surface area contributed by atoms with Gasteiger partial charge in [0.2, 0.25) is 0 Å². The Morgan fingerprint density at radius 3 is 2.74 bits per heavy atom. The first-order valence-electron chi connectivity index (χ1n) is 8.22. The molecule has 6 heteroatoms. The molecule has 1 atom stereocenters. The molecule has 0 saturated carbocycles. The van der Waals surface area contributed by atoms with Crippen LogP contribution in [0.4, 0.5) is 5.82 Å². The Balaban J connectivity index is 1.64. The van der Waals surface area contributed by atoms with Crippen molar-refractivity contribution in [1.82, 2.24) is 15.0 Å². The van der Waals surface area contributed by atoms with Gasteiger partial charge in [-0.25, -0.2) is 15.0 Å². The van der Waals surface area contributed by atoms with Crippen molar-refractivity contribution in [3.63, 3.8) is 0 Å². The summed E-state index contributed by atoms with van der Waals surface area (Å²) in [5, 5.41) is 10.8. The molecule has 2 aliphatic rings. The molecule has 0 aliphatic carbocycles. The quantitative estimate of drug-likeness (QED) is 0.865. The number of aliphatic hydroxyl groups excluding tert-OH is 1. The predicted octanol–water partition coefficient (Wildman–Crippen LogP) is 1.76. The number of fused-ring (bicyclic) bond motifs is 1. The highest BCUT2D eigenvalue weighted by Crippen LogP contribution is 2.38. The standard InChI is InChI=1S/C17H22N4O2/c1-11-7-12(2)20-15-14(11)16(19-10-18-15)21-5-3-17(4-6-21)8-13(22)9-23-17/h7,10,13,22H,3-6,8-9H2,1-2H3. The molecule has 6 nitrogen and oxygen atoms in total. The normalized spacial score (nSPS) is 23.8. The minimum atomic E-state index is -0.309. The molecule has 2 fully saturated rings. The molecule has 1 spiro atoms. The van der Waals surface area contributed by atoms with Gasteiger partial charge in [0.05, 0.1) is 23.7 Å². The van der Waals surface area contributed by atoms with Crippen LogP contribution in [-0.2, 0) is 4.74 Å². The van der Waals surface area contributed by atoms with Crippen LogP contribution in [0.25, 0.3) is 11.0 Å². The van der Waals surface area contributed by atoms with E-state index in [-0.39, 0.29) is 11.7 Å². The van der Waals surface area contributed by atoms with Crippen molar-refractivity contribution in [3.8, 4) is 0 Å². The summed E-state index contributed by atoms with van der Waals surface area (Å²) in [6.07, 6.45) is 3.90. The Morgan fingerprint density at radius 2 is 2.04 bits per heavy atom. The fraction of sp³-hybridized carbons (Fsp3) is 0.588. The molecule has 2 aromatic heterocycles. The van der Waals surface area contributed by atoms with Crippen LogP contribution in [0.1, 0.15) is 30.5 Å². The second-order valence-electron chi connectivity index (χ2n) is 6.82. The number of hydrogen-bond acceptors (Lipinski definition) is 6. The highest BCUT2D eigenvalue weighted by molar-refractivity contribution is 5.90. The van der Waals surface area contributed by atoms with Crippen molar-refractivity contribution in [3.05, 3.63) is 23.7 Å². The third-order valence-electron chi connectivity index (χ3n) is 5.07. The van der Waals surface area contributed by atoms with E-state index in [1.54, 1.807) is 6.33 Å². The molecule has 0 radical (unpaired) electrons. The van der Waals surface area contributed by atoms with Crippen LogP contribution in [-0.4, -0.2) is 51.5 Å². The van der Waals surface area contributed by atoms with E-state index in [4.69, 9.17) is 4.74 Å². The van der Waals surface area contributed by atoms with Crippen molar-refractivity contribution >= 4 is 16.9 Å². The number of aliphatic hydroxyl groups is 1. The van der Waals surface area contributed by atoms with E-state index in [0.717, 1.165) is 60.5 Å². The van der Waals surface area contributed by atoms with Gasteiger partial charge in [-0.05, 0) is 38.3 Å². The Morgan fingerprint density at radius 1 is 1.26 bits per heavy atom. The molecule has 2 saturated heterocycles. The third kappa shape index (κ3) is 2.56. The van der Waals surface area contributed by atoms with E-state index in [1.165, 1.54) is 0 Å². The van der Waals surface area contributed by atoms with Gasteiger partial charge in [0, 0.05) is 25.2 Å². The highest BCUT2D eigenvalue weighted by Gasteiger charge is 2.42. The van der Waals surface area contributed by atoms with Crippen molar-refractivity contribution in [2.75, 3.05) is 24.6 Å². The Kier molecular flexibility index (Phi) is 3.46. The lowest BCUT2D eigenvalue weighted by molar-refractivity contribution is -0.0167. The summed E-state index contributed by atoms with van der Waals surface area (Å²) in [6.45, 7) is 6.31. The monoisotopic (exact) mass is 314 g/mol. The van der Waals surface area contributed by atoms with Crippen LogP contribution in [0.5, 0.6) is 0 Å². The van der Waals surface area contributed by atoms with Crippen molar-refractivity contribution < 1.29 is 9.84 Å². The fourth-order valence-electron chi connectivity index (χ4n) is 3.92. The molecular formula is C17H22N4O2. The van der Waals surface area contributed by atoms with Crippen LogP contribution in [0, 0.1) is 13.8 Å². The number of aryl methyl sites for hydroxylation is 2. The second kappa shape index (κ2) is 5.39. The zero-order valence-corrected chi connectivity index (χ0v) is 13.6. The smallest absolute Gasteiger partial charge is 0.165 e. The van der Waals surface area contributed by atoms with Crippen LogP contribution in [0.3, 0.4) is 0 Å². The topological polar surface area (TPSA) is 71.4 Å². The van der Waals surface area contributed by atoms with Crippen LogP contribution < -0.4 is 4.90 Å². The lowest BCUT2D eigenvalue weighted by Gasteiger charge is -2.39. The van der Waals surface area contributed by atoms with Gasteiger partial charge >= 0.3 is 0 Å². The summed E-state index contributed by atoms with van der Waals surface area (Å²) < 4.78 is 5.88. The Labute approximate surface area is 135 Å². The van der Waals surface area contributed by atoms with E-state index in [2.05, 4.69) is 32.8 Å². The van der Waals surface area contributed by atoms with E-state index in [1.807, 2.05) is 6.92 Å². The van der Waals surface area contributed by atoms with Gasteiger partial charge in [0.25, 0.3) is 0 Å². The lowest BCUT2D eigenvalue weighted by Crippen LogP contribution is -2.44. The molecule has 1 N–H and O–H groups in total. The summed E-state index contributed by atoms with van der Waals surface area (Å²) in [7, 11) is 0. The SMILES string of the molecule is Cc1cc(C)c2c(N3CCC4(CC3)CC(O)CO4)ncnc2n1. The van der Waals surface area contributed by atoms with Crippen LogP contribution in [0.15, 0.2) is 12.4 Å². The maximum Gasteiger partial charge on any atom is 0.165 e. The van der Waals surface area contributed by atoms with Gasteiger partial charge in [-0.1, -0.05) is 0 Å². The van der Waals surface area contributed by atoms with E-state index in [0.29, 0.717) is 6.61 Å².